The van der Waals surface area contributed by atoms with E-state index in [2.05, 4.69) is 29.4 Å². The monoisotopic (exact) mass is 220 g/mol. The van der Waals surface area contributed by atoms with E-state index in [4.69, 9.17) is 0 Å². The lowest BCUT2D eigenvalue weighted by Crippen LogP contribution is -2.36. The quantitative estimate of drug-likeness (QED) is 0.819. The van der Waals surface area contributed by atoms with Gasteiger partial charge in [0.15, 0.2) is 0 Å². The maximum absolute atomic E-state index is 9.44. The summed E-state index contributed by atoms with van der Waals surface area (Å²) < 4.78 is 0. The van der Waals surface area contributed by atoms with E-state index in [1.54, 1.807) is 0 Å². The third kappa shape index (κ3) is 3.03. The summed E-state index contributed by atoms with van der Waals surface area (Å²) in [7, 11) is 0. The van der Waals surface area contributed by atoms with Crippen LogP contribution in [0.1, 0.15) is 44.2 Å². The smallest absolute Gasteiger partial charge is 0.0541 e. The standard InChI is InChI=1S/C13H20N2O/c1-10(11-6-8-14-9-7-11)15-12-2-4-13(16)5-3-12/h6-10,12-13,15-16H,2-5H2,1H3. The first kappa shape index (κ1) is 11.6. The molecule has 0 aliphatic heterocycles. The van der Waals surface area contributed by atoms with Crippen molar-refractivity contribution in [2.24, 2.45) is 0 Å². The van der Waals surface area contributed by atoms with Crippen LogP contribution in [0.3, 0.4) is 0 Å². The van der Waals surface area contributed by atoms with Crippen LogP contribution in [0.5, 0.6) is 0 Å². The molecular formula is C13H20N2O. The van der Waals surface area contributed by atoms with Crippen molar-refractivity contribution in [3.63, 3.8) is 0 Å². The number of hydrogen-bond acceptors (Lipinski definition) is 3. The zero-order chi connectivity index (χ0) is 11.4. The van der Waals surface area contributed by atoms with Crippen molar-refractivity contribution < 1.29 is 5.11 Å². The molecule has 0 amide bonds. The van der Waals surface area contributed by atoms with E-state index in [1.165, 1.54) is 5.56 Å². The Morgan fingerprint density at radius 1 is 1.25 bits per heavy atom. The Morgan fingerprint density at radius 2 is 1.88 bits per heavy atom. The number of nitrogens with zero attached hydrogens (tertiary/aromatic N) is 1. The second-order valence-corrected chi connectivity index (χ2v) is 4.67. The number of nitrogens with one attached hydrogen (secondary N) is 1. The molecular weight excluding hydrogens is 200 g/mol. The molecule has 1 aliphatic carbocycles. The summed E-state index contributed by atoms with van der Waals surface area (Å²) in [5.74, 6) is 0. The van der Waals surface area contributed by atoms with Crippen LogP contribution in [0, 0.1) is 0 Å². The molecule has 1 aromatic heterocycles. The average Bonchev–Trinajstić information content (AvgIpc) is 2.33. The molecule has 2 rings (SSSR count). The van der Waals surface area contributed by atoms with Gasteiger partial charge in [0.1, 0.15) is 0 Å². The van der Waals surface area contributed by atoms with Crippen LogP contribution in [0.25, 0.3) is 0 Å². The van der Waals surface area contributed by atoms with Crippen molar-refractivity contribution in [3.8, 4) is 0 Å². The second-order valence-electron chi connectivity index (χ2n) is 4.67. The Morgan fingerprint density at radius 3 is 2.50 bits per heavy atom. The molecule has 1 aromatic rings. The molecule has 1 atom stereocenters. The Bertz CT molecular complexity index is 307. The van der Waals surface area contributed by atoms with Crippen molar-refractivity contribution >= 4 is 0 Å². The summed E-state index contributed by atoms with van der Waals surface area (Å²) in [5, 5.41) is 13.1. The maximum atomic E-state index is 9.44. The minimum atomic E-state index is -0.0747. The summed E-state index contributed by atoms with van der Waals surface area (Å²) in [5.41, 5.74) is 1.28. The Balaban J connectivity index is 1.86. The van der Waals surface area contributed by atoms with Gasteiger partial charge in [-0.25, -0.2) is 0 Å². The van der Waals surface area contributed by atoms with Gasteiger partial charge in [0.2, 0.25) is 0 Å². The lowest BCUT2D eigenvalue weighted by Gasteiger charge is -2.29. The average molecular weight is 220 g/mol. The largest absolute Gasteiger partial charge is 0.393 e. The number of pyridine rings is 1. The lowest BCUT2D eigenvalue weighted by atomic mass is 9.92. The molecule has 0 spiro atoms. The number of hydrogen-bond donors (Lipinski definition) is 2. The molecule has 0 saturated heterocycles. The fourth-order valence-corrected chi connectivity index (χ4v) is 2.34. The predicted molar refractivity (Wildman–Crippen MR) is 64.1 cm³/mol. The Labute approximate surface area is 96.9 Å². The SMILES string of the molecule is CC(NC1CCC(O)CC1)c1ccncc1. The van der Waals surface area contributed by atoms with Gasteiger partial charge >= 0.3 is 0 Å². The van der Waals surface area contributed by atoms with E-state index >= 15 is 0 Å². The highest BCUT2D eigenvalue weighted by Gasteiger charge is 2.20. The summed E-state index contributed by atoms with van der Waals surface area (Å²) in [6.45, 7) is 2.18. The lowest BCUT2D eigenvalue weighted by molar-refractivity contribution is 0.114. The van der Waals surface area contributed by atoms with Gasteiger partial charge in [0, 0.05) is 24.5 Å². The van der Waals surface area contributed by atoms with Crippen molar-refractivity contribution in [1.29, 1.82) is 0 Å². The molecule has 1 aliphatic rings. The highest BCUT2D eigenvalue weighted by Crippen LogP contribution is 2.21. The van der Waals surface area contributed by atoms with Gasteiger partial charge in [0.25, 0.3) is 0 Å². The minimum Gasteiger partial charge on any atom is -0.393 e. The van der Waals surface area contributed by atoms with Gasteiger partial charge in [-0.15, -0.1) is 0 Å². The van der Waals surface area contributed by atoms with E-state index < -0.39 is 0 Å². The van der Waals surface area contributed by atoms with Crippen LogP contribution in [0.4, 0.5) is 0 Å². The fraction of sp³-hybridized carbons (Fsp3) is 0.615. The normalized spacial score (nSPS) is 27.6. The zero-order valence-electron chi connectivity index (χ0n) is 9.76. The van der Waals surface area contributed by atoms with Crippen LogP contribution >= 0.6 is 0 Å². The molecule has 1 fully saturated rings. The Hall–Kier alpha value is -0.930. The molecule has 1 heterocycles. The molecule has 0 bridgehead atoms. The van der Waals surface area contributed by atoms with Gasteiger partial charge in [-0.2, -0.15) is 0 Å². The first-order valence-electron chi connectivity index (χ1n) is 6.09. The van der Waals surface area contributed by atoms with E-state index in [-0.39, 0.29) is 6.10 Å². The van der Waals surface area contributed by atoms with Crippen molar-refractivity contribution in [2.45, 2.75) is 50.8 Å². The number of aliphatic hydroxyl groups excluding tert-OH is 1. The predicted octanol–water partition coefficient (Wildman–Crippen LogP) is 2.04. The molecule has 1 saturated carbocycles. The van der Waals surface area contributed by atoms with Gasteiger partial charge in [0.05, 0.1) is 6.10 Å². The summed E-state index contributed by atoms with van der Waals surface area (Å²) in [4.78, 5) is 4.02. The molecule has 3 nitrogen and oxygen atoms in total. The molecule has 0 aromatic carbocycles. The van der Waals surface area contributed by atoms with E-state index in [0.717, 1.165) is 25.7 Å². The number of aliphatic hydroxyl groups is 1. The van der Waals surface area contributed by atoms with Crippen LogP contribution in [0.2, 0.25) is 0 Å². The zero-order valence-corrected chi connectivity index (χ0v) is 9.76. The first-order chi connectivity index (χ1) is 7.75. The van der Waals surface area contributed by atoms with Crippen LogP contribution in [-0.4, -0.2) is 22.2 Å². The second kappa shape index (κ2) is 5.41. The first-order valence-corrected chi connectivity index (χ1v) is 6.09. The van der Waals surface area contributed by atoms with Crippen molar-refractivity contribution in [2.75, 3.05) is 0 Å². The minimum absolute atomic E-state index is 0.0747. The topological polar surface area (TPSA) is 45.1 Å². The third-order valence-electron chi connectivity index (χ3n) is 3.39. The molecule has 1 unspecified atom stereocenters. The molecule has 2 N–H and O–H groups in total. The summed E-state index contributed by atoms with van der Waals surface area (Å²) >= 11 is 0. The molecule has 3 heteroatoms. The highest BCUT2D eigenvalue weighted by atomic mass is 16.3. The van der Waals surface area contributed by atoms with Gasteiger partial charge in [-0.3, -0.25) is 4.98 Å². The fourth-order valence-electron chi connectivity index (χ4n) is 2.34. The van der Waals surface area contributed by atoms with Crippen LogP contribution in [0.15, 0.2) is 24.5 Å². The van der Waals surface area contributed by atoms with Gasteiger partial charge in [-0.1, -0.05) is 0 Å². The van der Waals surface area contributed by atoms with Crippen LogP contribution < -0.4 is 5.32 Å². The van der Waals surface area contributed by atoms with E-state index in [9.17, 15) is 5.11 Å². The highest BCUT2D eigenvalue weighted by molar-refractivity contribution is 5.14. The number of aromatic nitrogens is 1. The third-order valence-corrected chi connectivity index (χ3v) is 3.39. The number of rotatable bonds is 3. The molecule has 88 valence electrons. The van der Waals surface area contributed by atoms with E-state index in [0.29, 0.717) is 12.1 Å². The maximum Gasteiger partial charge on any atom is 0.0541 e. The molecule has 16 heavy (non-hydrogen) atoms. The van der Waals surface area contributed by atoms with Gasteiger partial charge in [-0.05, 0) is 50.3 Å². The summed E-state index contributed by atoms with van der Waals surface area (Å²) in [6.07, 6.45) is 7.61. The van der Waals surface area contributed by atoms with Crippen molar-refractivity contribution in [1.82, 2.24) is 10.3 Å². The molecule has 0 radical (unpaired) electrons. The Kier molecular flexibility index (Phi) is 3.91. The van der Waals surface area contributed by atoms with Crippen molar-refractivity contribution in [3.05, 3.63) is 30.1 Å². The summed E-state index contributed by atoms with van der Waals surface area (Å²) in [6, 6.07) is 5.01. The van der Waals surface area contributed by atoms with Crippen LogP contribution in [-0.2, 0) is 0 Å². The van der Waals surface area contributed by atoms with E-state index in [1.807, 2.05) is 12.4 Å². The van der Waals surface area contributed by atoms with Gasteiger partial charge < -0.3 is 10.4 Å².